The Morgan fingerprint density at radius 1 is 0.889 bits per heavy atom. The summed E-state index contributed by atoms with van der Waals surface area (Å²) in [5.74, 6) is 0. The Morgan fingerprint density at radius 2 is 0.889 bits per heavy atom. The second-order valence-corrected chi connectivity index (χ2v) is 1.80. The summed E-state index contributed by atoms with van der Waals surface area (Å²) in [7, 11) is -4.61. The maximum Gasteiger partial charge on any atom is 0 e. The molecule has 0 aliphatic carbocycles. The Labute approximate surface area is 138 Å². The SMILES string of the molecule is O[Si](O)(O)O.P.[CaH2].[SrH2].[Zn]. The minimum Gasteiger partial charge on any atom is 0 e. The molecule has 0 aromatic heterocycles. The molecule has 4 N–H and O–H groups in total. The first-order valence-corrected chi connectivity index (χ1v) is 2.68. The molecule has 0 spiro atoms. The standard InChI is InChI=1S/Ca.H4O4Si.H3P.Sr.Zn.4H/c;1-5(2,3)4;;;;;;;/h;1-4H;1H3;;;;;;. The molecule has 1 unspecified atom stereocenters. The van der Waals surface area contributed by atoms with Gasteiger partial charge in [0.05, 0.1) is 0 Å². The molecule has 4 nitrogen and oxygen atoms in total. The zero-order chi connectivity index (χ0) is 4.50. The van der Waals surface area contributed by atoms with Crippen LogP contribution in [0.4, 0.5) is 0 Å². The summed E-state index contributed by atoms with van der Waals surface area (Å²) in [5, 5.41) is 0. The van der Waals surface area contributed by atoms with Crippen molar-refractivity contribution in [1.82, 2.24) is 0 Å². The molecule has 0 saturated heterocycles. The molecule has 0 saturated carbocycles. The molecule has 0 aliphatic rings. The van der Waals surface area contributed by atoms with Crippen molar-refractivity contribution in [2.45, 2.75) is 0 Å². The van der Waals surface area contributed by atoms with Gasteiger partial charge >= 0.3 is 92.3 Å². The number of rotatable bonds is 0. The topological polar surface area (TPSA) is 80.9 Å². The average Bonchev–Trinajstić information content (AvgIpc) is 0.722. The molecule has 9 heteroatoms. The molecule has 1 atom stereocenters. The third-order valence-electron chi connectivity index (χ3n) is 0. The van der Waals surface area contributed by atoms with Crippen LogP contribution >= 0.6 is 9.90 Å². The number of hydrogen-bond donors (Lipinski definition) is 4. The van der Waals surface area contributed by atoms with Crippen molar-refractivity contribution in [3.05, 3.63) is 0 Å². The summed E-state index contributed by atoms with van der Waals surface area (Å²) in [5.41, 5.74) is 0. The second kappa shape index (κ2) is 14.4. The van der Waals surface area contributed by atoms with Crippen molar-refractivity contribution in [2.24, 2.45) is 0 Å². The van der Waals surface area contributed by atoms with Gasteiger partial charge in [-0.3, -0.25) is 0 Å². The van der Waals surface area contributed by atoms with Gasteiger partial charge in [0.25, 0.3) is 0 Å². The molecule has 0 aromatic carbocycles. The van der Waals surface area contributed by atoms with E-state index in [-0.39, 0.29) is 113 Å². The Bertz CT molecular complexity index is 36.0. The third kappa shape index (κ3) is 77.6. The van der Waals surface area contributed by atoms with Crippen LogP contribution in [0.2, 0.25) is 0 Å². The van der Waals surface area contributed by atoms with Crippen LogP contribution < -0.4 is 0 Å². The first-order valence-electron chi connectivity index (χ1n) is 0.894. The van der Waals surface area contributed by atoms with E-state index < -0.39 is 9.05 Å². The van der Waals surface area contributed by atoms with E-state index in [9.17, 15) is 0 Å². The normalized spacial score (nSPS) is 6.67. The molecule has 0 heterocycles. The van der Waals surface area contributed by atoms with Crippen molar-refractivity contribution in [3.63, 3.8) is 0 Å². The second-order valence-electron chi connectivity index (χ2n) is 0.600. The van der Waals surface area contributed by atoms with Gasteiger partial charge in [-0.2, -0.15) is 9.90 Å². The van der Waals surface area contributed by atoms with Crippen LogP contribution in [0, 0.1) is 0 Å². The number of hydrogen-bond acceptors (Lipinski definition) is 4. The summed E-state index contributed by atoms with van der Waals surface area (Å²) >= 11 is 0. The molecule has 0 bridgehead atoms. The molecule has 0 aromatic rings. The largest absolute Gasteiger partial charge is 0 e. The molecule has 0 aliphatic heterocycles. The average molecular weight is 327 g/mol. The molecular weight excluding hydrogens is 316 g/mol. The van der Waals surface area contributed by atoms with Gasteiger partial charge in [-0.1, -0.05) is 0 Å². The van der Waals surface area contributed by atoms with Crippen LogP contribution in [0.1, 0.15) is 0 Å². The first kappa shape index (κ1) is 29.3. The van der Waals surface area contributed by atoms with Gasteiger partial charge in [-0.05, 0) is 0 Å². The summed E-state index contributed by atoms with van der Waals surface area (Å²) in [6, 6.07) is 0. The van der Waals surface area contributed by atoms with Gasteiger partial charge < -0.3 is 19.2 Å². The fourth-order valence-corrected chi connectivity index (χ4v) is 0. The Hall–Kier alpha value is 3.85. The van der Waals surface area contributed by atoms with E-state index in [0.717, 1.165) is 0 Å². The van der Waals surface area contributed by atoms with Crippen molar-refractivity contribution in [2.75, 3.05) is 0 Å². The molecule has 0 amide bonds. The van der Waals surface area contributed by atoms with E-state index in [1.807, 2.05) is 0 Å². The van der Waals surface area contributed by atoms with Gasteiger partial charge in [-0.15, -0.1) is 0 Å². The fraction of sp³-hybridized carbons (Fsp3) is 0. The van der Waals surface area contributed by atoms with Gasteiger partial charge in [0, 0.05) is 19.5 Å². The van der Waals surface area contributed by atoms with E-state index in [2.05, 4.69) is 0 Å². The smallest absolute Gasteiger partial charge is 0 e. The maximum atomic E-state index is 7.33. The predicted octanol–water partition coefficient (Wildman–Crippen LogP) is -4.39. The Morgan fingerprint density at radius 3 is 0.889 bits per heavy atom. The van der Waals surface area contributed by atoms with Crippen LogP contribution in [-0.4, -0.2) is 111 Å². The molecule has 50 valence electrons. The maximum absolute atomic E-state index is 7.33. The van der Waals surface area contributed by atoms with Crippen molar-refractivity contribution in [3.8, 4) is 0 Å². The van der Waals surface area contributed by atoms with Crippen molar-refractivity contribution in [1.29, 1.82) is 0 Å². The summed E-state index contributed by atoms with van der Waals surface area (Å²) < 4.78 is 0. The molecule has 0 fully saturated rings. The van der Waals surface area contributed by atoms with Crippen LogP contribution in [0.5, 0.6) is 0 Å². The molecule has 0 radical (unpaired) electrons. The van der Waals surface area contributed by atoms with Crippen molar-refractivity contribution >= 4 is 102 Å². The van der Waals surface area contributed by atoms with E-state index >= 15 is 0 Å². The van der Waals surface area contributed by atoms with Crippen molar-refractivity contribution < 1.29 is 38.7 Å². The Kier molecular flexibility index (Phi) is 46.8. The van der Waals surface area contributed by atoms with Crippen LogP contribution in [0.15, 0.2) is 0 Å². The molecular formula is H11CaO4PSiSrZn. The zero-order valence-electron chi connectivity index (χ0n) is 3.70. The predicted molar refractivity (Wildman–Crippen MR) is 42.8 cm³/mol. The van der Waals surface area contributed by atoms with E-state index in [4.69, 9.17) is 19.2 Å². The molecule has 9 heavy (non-hydrogen) atoms. The van der Waals surface area contributed by atoms with E-state index in [1.54, 1.807) is 0 Å². The summed E-state index contributed by atoms with van der Waals surface area (Å²) in [6.07, 6.45) is 0. The minimum absolute atomic E-state index is 0. The zero-order valence-corrected chi connectivity index (χ0v) is 9.08. The first-order chi connectivity index (χ1) is 2.00. The summed E-state index contributed by atoms with van der Waals surface area (Å²) in [4.78, 5) is 29.3. The fourth-order valence-electron chi connectivity index (χ4n) is 0. The van der Waals surface area contributed by atoms with Gasteiger partial charge in [0.2, 0.25) is 0 Å². The quantitative estimate of drug-likeness (QED) is 0.268. The molecule has 0 rings (SSSR count). The monoisotopic (exact) mass is 326 g/mol. The van der Waals surface area contributed by atoms with Gasteiger partial charge in [-0.25, -0.2) is 0 Å². The Balaban J connectivity index is -0.0000000133. The third-order valence-corrected chi connectivity index (χ3v) is 0. The van der Waals surface area contributed by atoms with Crippen LogP contribution in [0.3, 0.4) is 0 Å². The summed E-state index contributed by atoms with van der Waals surface area (Å²) in [6.45, 7) is 0. The van der Waals surface area contributed by atoms with Crippen LogP contribution in [0.25, 0.3) is 0 Å². The van der Waals surface area contributed by atoms with E-state index in [0.29, 0.717) is 0 Å². The minimum atomic E-state index is -4.61. The van der Waals surface area contributed by atoms with E-state index in [1.165, 1.54) is 0 Å². The van der Waals surface area contributed by atoms with Crippen LogP contribution in [-0.2, 0) is 19.5 Å². The van der Waals surface area contributed by atoms with Gasteiger partial charge in [0.1, 0.15) is 0 Å². The van der Waals surface area contributed by atoms with Gasteiger partial charge in [0.15, 0.2) is 0 Å².